The summed E-state index contributed by atoms with van der Waals surface area (Å²) < 4.78 is 0. The largest absolute Gasteiger partial charge is 0.390 e. The standard InChI is InChI=1S/C14H26N2O2/c1-12(13(17)16-8-3-4-9-16)15-10-5-6-14(2,18)7-11-15/h12,18H,3-11H2,1-2H3. The van der Waals surface area contributed by atoms with Crippen LogP contribution in [-0.4, -0.2) is 58.6 Å². The van der Waals surface area contributed by atoms with Gasteiger partial charge in [-0.3, -0.25) is 9.69 Å². The molecule has 0 bridgehead atoms. The normalized spacial score (nSPS) is 32.3. The molecular formula is C14H26N2O2. The van der Waals surface area contributed by atoms with Crippen LogP contribution in [-0.2, 0) is 4.79 Å². The molecule has 2 rings (SSSR count). The quantitative estimate of drug-likeness (QED) is 0.806. The molecule has 0 spiro atoms. The fraction of sp³-hybridized carbons (Fsp3) is 0.929. The number of likely N-dealkylation sites (tertiary alicyclic amines) is 2. The lowest BCUT2D eigenvalue weighted by Crippen LogP contribution is -2.46. The van der Waals surface area contributed by atoms with E-state index in [2.05, 4.69) is 4.90 Å². The maximum absolute atomic E-state index is 12.3. The highest BCUT2D eigenvalue weighted by Gasteiger charge is 2.31. The molecule has 2 saturated heterocycles. The molecule has 1 amide bonds. The van der Waals surface area contributed by atoms with Crippen molar-refractivity contribution in [3.63, 3.8) is 0 Å². The molecule has 2 aliphatic heterocycles. The first-order valence-corrected chi connectivity index (χ1v) is 7.25. The number of carbonyl (C=O) groups excluding carboxylic acids is 1. The van der Waals surface area contributed by atoms with Crippen molar-refractivity contribution in [1.82, 2.24) is 9.80 Å². The lowest BCUT2D eigenvalue weighted by atomic mass is 9.98. The monoisotopic (exact) mass is 254 g/mol. The molecule has 2 aliphatic rings. The molecule has 104 valence electrons. The Morgan fingerprint density at radius 3 is 2.44 bits per heavy atom. The van der Waals surface area contributed by atoms with Crippen molar-refractivity contribution in [3.8, 4) is 0 Å². The Morgan fingerprint density at radius 2 is 1.78 bits per heavy atom. The van der Waals surface area contributed by atoms with Crippen LogP contribution < -0.4 is 0 Å². The van der Waals surface area contributed by atoms with Crippen LogP contribution >= 0.6 is 0 Å². The summed E-state index contributed by atoms with van der Waals surface area (Å²) in [4.78, 5) is 16.6. The van der Waals surface area contributed by atoms with Gasteiger partial charge in [-0.25, -0.2) is 0 Å². The van der Waals surface area contributed by atoms with Crippen molar-refractivity contribution in [3.05, 3.63) is 0 Å². The summed E-state index contributed by atoms with van der Waals surface area (Å²) in [5.74, 6) is 0.272. The average Bonchev–Trinajstić information content (AvgIpc) is 2.79. The second-order valence-corrected chi connectivity index (χ2v) is 6.09. The minimum Gasteiger partial charge on any atom is -0.390 e. The van der Waals surface area contributed by atoms with Gasteiger partial charge in [0.05, 0.1) is 11.6 Å². The zero-order chi connectivity index (χ0) is 13.2. The molecule has 0 aromatic carbocycles. The molecule has 1 N–H and O–H groups in total. The third kappa shape index (κ3) is 3.23. The Bertz CT molecular complexity index is 298. The van der Waals surface area contributed by atoms with Gasteiger partial charge >= 0.3 is 0 Å². The molecule has 2 fully saturated rings. The number of nitrogens with zero attached hydrogens (tertiary/aromatic N) is 2. The number of amides is 1. The van der Waals surface area contributed by atoms with E-state index < -0.39 is 5.60 Å². The number of hydrogen-bond donors (Lipinski definition) is 1. The van der Waals surface area contributed by atoms with Gasteiger partial charge in [0.25, 0.3) is 0 Å². The molecule has 0 aromatic rings. The van der Waals surface area contributed by atoms with Crippen molar-refractivity contribution >= 4 is 5.91 Å². The minimum absolute atomic E-state index is 0.0306. The van der Waals surface area contributed by atoms with Crippen molar-refractivity contribution < 1.29 is 9.90 Å². The van der Waals surface area contributed by atoms with Crippen LogP contribution in [0.1, 0.15) is 46.0 Å². The Hall–Kier alpha value is -0.610. The number of aliphatic hydroxyl groups is 1. The van der Waals surface area contributed by atoms with Gasteiger partial charge in [0.1, 0.15) is 0 Å². The molecule has 0 saturated carbocycles. The molecule has 2 unspecified atom stereocenters. The lowest BCUT2D eigenvalue weighted by molar-refractivity contribution is -0.135. The van der Waals surface area contributed by atoms with E-state index in [-0.39, 0.29) is 11.9 Å². The maximum atomic E-state index is 12.3. The van der Waals surface area contributed by atoms with Crippen LogP contribution in [0.2, 0.25) is 0 Å². The van der Waals surface area contributed by atoms with Crippen molar-refractivity contribution in [2.24, 2.45) is 0 Å². The fourth-order valence-corrected chi connectivity index (χ4v) is 3.03. The van der Waals surface area contributed by atoms with E-state index in [1.54, 1.807) is 0 Å². The van der Waals surface area contributed by atoms with E-state index in [1.807, 2.05) is 18.7 Å². The van der Waals surface area contributed by atoms with Gasteiger partial charge in [0, 0.05) is 19.6 Å². The Kier molecular flexibility index (Phi) is 4.28. The third-order valence-corrected chi connectivity index (χ3v) is 4.42. The molecule has 4 nitrogen and oxygen atoms in total. The van der Waals surface area contributed by atoms with Gasteiger partial charge in [-0.1, -0.05) is 0 Å². The maximum Gasteiger partial charge on any atom is 0.239 e. The second kappa shape index (κ2) is 5.57. The summed E-state index contributed by atoms with van der Waals surface area (Å²) in [6, 6.07) is -0.0306. The summed E-state index contributed by atoms with van der Waals surface area (Å²) >= 11 is 0. The van der Waals surface area contributed by atoms with Gasteiger partial charge < -0.3 is 10.0 Å². The van der Waals surface area contributed by atoms with E-state index in [4.69, 9.17) is 0 Å². The highest BCUT2D eigenvalue weighted by molar-refractivity contribution is 5.81. The highest BCUT2D eigenvalue weighted by atomic mass is 16.3. The van der Waals surface area contributed by atoms with Crippen LogP contribution in [0.3, 0.4) is 0 Å². The highest BCUT2D eigenvalue weighted by Crippen LogP contribution is 2.23. The zero-order valence-corrected chi connectivity index (χ0v) is 11.7. The van der Waals surface area contributed by atoms with E-state index in [0.29, 0.717) is 0 Å². The first-order valence-electron chi connectivity index (χ1n) is 7.25. The van der Waals surface area contributed by atoms with Crippen molar-refractivity contribution in [2.45, 2.75) is 57.6 Å². The van der Waals surface area contributed by atoms with Crippen LogP contribution in [0.5, 0.6) is 0 Å². The predicted molar refractivity (Wildman–Crippen MR) is 71.3 cm³/mol. The number of hydrogen-bond acceptors (Lipinski definition) is 3. The molecular weight excluding hydrogens is 228 g/mol. The molecule has 0 aliphatic carbocycles. The summed E-state index contributed by atoms with van der Waals surface area (Å²) in [6.45, 7) is 7.53. The Morgan fingerprint density at radius 1 is 1.11 bits per heavy atom. The van der Waals surface area contributed by atoms with Gasteiger partial charge in [-0.2, -0.15) is 0 Å². The van der Waals surface area contributed by atoms with Crippen molar-refractivity contribution in [1.29, 1.82) is 0 Å². The molecule has 0 aromatic heterocycles. The average molecular weight is 254 g/mol. The van der Waals surface area contributed by atoms with Crippen molar-refractivity contribution in [2.75, 3.05) is 26.2 Å². The second-order valence-electron chi connectivity index (χ2n) is 6.09. The van der Waals surface area contributed by atoms with E-state index in [0.717, 1.165) is 58.3 Å². The summed E-state index contributed by atoms with van der Waals surface area (Å²) in [6.07, 6.45) is 4.88. The smallest absolute Gasteiger partial charge is 0.239 e. The van der Waals surface area contributed by atoms with Gasteiger partial charge in [-0.15, -0.1) is 0 Å². The zero-order valence-electron chi connectivity index (χ0n) is 11.7. The van der Waals surface area contributed by atoms with E-state index in [1.165, 1.54) is 0 Å². The minimum atomic E-state index is -0.550. The van der Waals surface area contributed by atoms with E-state index in [9.17, 15) is 9.90 Å². The molecule has 4 heteroatoms. The first kappa shape index (κ1) is 13.8. The van der Waals surface area contributed by atoms with Crippen LogP contribution in [0.25, 0.3) is 0 Å². The Balaban J connectivity index is 1.91. The molecule has 2 atom stereocenters. The number of rotatable bonds is 2. The van der Waals surface area contributed by atoms with Gasteiger partial charge in [0.15, 0.2) is 0 Å². The topological polar surface area (TPSA) is 43.8 Å². The molecule has 2 heterocycles. The third-order valence-electron chi connectivity index (χ3n) is 4.42. The summed E-state index contributed by atoms with van der Waals surface area (Å²) in [7, 11) is 0. The lowest BCUT2D eigenvalue weighted by Gasteiger charge is -2.30. The molecule has 18 heavy (non-hydrogen) atoms. The number of carbonyl (C=O) groups is 1. The fourth-order valence-electron chi connectivity index (χ4n) is 3.03. The summed E-state index contributed by atoms with van der Waals surface area (Å²) in [5.41, 5.74) is -0.550. The van der Waals surface area contributed by atoms with Crippen LogP contribution in [0.15, 0.2) is 0 Å². The van der Waals surface area contributed by atoms with Gasteiger partial charge in [0.2, 0.25) is 5.91 Å². The predicted octanol–water partition coefficient (Wildman–Crippen LogP) is 1.23. The first-order chi connectivity index (χ1) is 8.49. The van der Waals surface area contributed by atoms with Gasteiger partial charge in [-0.05, 0) is 52.5 Å². The molecule has 0 radical (unpaired) electrons. The van der Waals surface area contributed by atoms with E-state index >= 15 is 0 Å². The SMILES string of the molecule is CC(C(=O)N1CCCC1)N1CCCC(C)(O)CC1. The Labute approximate surface area is 110 Å². The van der Waals surface area contributed by atoms with Crippen LogP contribution in [0.4, 0.5) is 0 Å². The summed E-state index contributed by atoms with van der Waals surface area (Å²) in [5, 5.41) is 10.1. The van der Waals surface area contributed by atoms with Crippen LogP contribution in [0, 0.1) is 0 Å².